The summed E-state index contributed by atoms with van der Waals surface area (Å²) in [5.74, 6) is 0.115. The Morgan fingerprint density at radius 2 is 1.52 bits per heavy atom. The van der Waals surface area contributed by atoms with Crippen molar-refractivity contribution >= 4 is 21.6 Å². The van der Waals surface area contributed by atoms with Crippen molar-refractivity contribution in [2.45, 2.75) is 24.8 Å². The Bertz CT molecular complexity index is 699. The zero-order chi connectivity index (χ0) is 15.5. The van der Waals surface area contributed by atoms with E-state index in [-0.39, 0.29) is 21.9 Å². The van der Waals surface area contributed by atoms with Crippen molar-refractivity contribution in [2.24, 2.45) is 5.92 Å². The monoisotopic (exact) mass is 323 g/mol. The van der Waals surface area contributed by atoms with Crippen molar-refractivity contribution in [2.75, 3.05) is 0 Å². The SMILES string of the molecule is CC(C)C(NS(=O)(=O)c1ccccc1Cl)c1ccccc1. The second-order valence-corrected chi connectivity index (χ2v) is 7.27. The number of rotatable bonds is 5. The molecule has 1 atom stereocenters. The number of sulfonamides is 1. The molecule has 3 nitrogen and oxygen atoms in total. The summed E-state index contributed by atoms with van der Waals surface area (Å²) in [4.78, 5) is 0.105. The van der Waals surface area contributed by atoms with Crippen LogP contribution in [0.5, 0.6) is 0 Å². The second-order valence-electron chi connectivity index (χ2n) is 5.18. The van der Waals surface area contributed by atoms with E-state index in [9.17, 15) is 8.42 Å². The molecule has 112 valence electrons. The van der Waals surface area contributed by atoms with Gasteiger partial charge >= 0.3 is 0 Å². The predicted octanol–water partition coefficient (Wildman–Crippen LogP) is 4.02. The molecule has 0 saturated carbocycles. The Labute approximate surface area is 131 Å². The Balaban J connectivity index is 2.36. The van der Waals surface area contributed by atoms with Crippen LogP contribution in [0.15, 0.2) is 59.5 Å². The Morgan fingerprint density at radius 3 is 2.10 bits per heavy atom. The van der Waals surface area contributed by atoms with E-state index < -0.39 is 10.0 Å². The third-order valence-corrected chi connectivity index (χ3v) is 5.17. The maximum atomic E-state index is 12.5. The number of hydrogen-bond donors (Lipinski definition) is 1. The molecule has 1 unspecified atom stereocenters. The minimum atomic E-state index is -3.67. The summed E-state index contributed by atoms with van der Waals surface area (Å²) in [5.41, 5.74) is 0.933. The van der Waals surface area contributed by atoms with Crippen LogP contribution in [0.4, 0.5) is 0 Å². The fourth-order valence-corrected chi connectivity index (χ4v) is 4.04. The average Bonchev–Trinajstić information content (AvgIpc) is 2.46. The van der Waals surface area contributed by atoms with Crippen molar-refractivity contribution < 1.29 is 8.42 Å². The molecule has 0 aliphatic rings. The van der Waals surface area contributed by atoms with Gasteiger partial charge in [-0.2, -0.15) is 0 Å². The van der Waals surface area contributed by atoms with Crippen molar-refractivity contribution in [3.8, 4) is 0 Å². The van der Waals surface area contributed by atoms with Crippen LogP contribution in [0.25, 0.3) is 0 Å². The molecule has 0 heterocycles. The highest BCUT2D eigenvalue weighted by Gasteiger charge is 2.25. The van der Waals surface area contributed by atoms with Crippen LogP contribution < -0.4 is 4.72 Å². The Hall–Kier alpha value is -1.36. The van der Waals surface area contributed by atoms with E-state index in [4.69, 9.17) is 11.6 Å². The predicted molar refractivity (Wildman–Crippen MR) is 85.8 cm³/mol. The van der Waals surface area contributed by atoms with E-state index in [1.165, 1.54) is 6.07 Å². The van der Waals surface area contributed by atoms with Crippen molar-refractivity contribution in [1.82, 2.24) is 4.72 Å². The zero-order valence-corrected chi connectivity index (χ0v) is 13.5. The molecule has 21 heavy (non-hydrogen) atoms. The molecule has 5 heteroatoms. The maximum Gasteiger partial charge on any atom is 0.242 e. The minimum Gasteiger partial charge on any atom is -0.207 e. The molecule has 0 saturated heterocycles. The van der Waals surface area contributed by atoms with Crippen LogP contribution in [0.1, 0.15) is 25.5 Å². The lowest BCUT2D eigenvalue weighted by Crippen LogP contribution is -2.32. The molecule has 1 N–H and O–H groups in total. The summed E-state index contributed by atoms with van der Waals surface area (Å²) in [6, 6.07) is 15.7. The number of nitrogens with one attached hydrogen (secondary N) is 1. The van der Waals surface area contributed by atoms with Crippen molar-refractivity contribution in [3.63, 3.8) is 0 Å². The maximum absolute atomic E-state index is 12.5. The first kappa shape index (κ1) is 16.0. The van der Waals surface area contributed by atoms with Crippen LogP contribution in [-0.4, -0.2) is 8.42 Å². The van der Waals surface area contributed by atoms with Crippen LogP contribution in [0.2, 0.25) is 5.02 Å². The quantitative estimate of drug-likeness (QED) is 0.903. The lowest BCUT2D eigenvalue weighted by Gasteiger charge is -2.23. The third-order valence-electron chi connectivity index (χ3n) is 3.23. The van der Waals surface area contributed by atoms with Gasteiger partial charge < -0.3 is 0 Å². The molecular formula is C16H18ClNO2S. The summed E-state index contributed by atoms with van der Waals surface area (Å²) in [6.07, 6.45) is 0. The second kappa shape index (κ2) is 6.60. The molecule has 0 spiro atoms. The van der Waals surface area contributed by atoms with Crippen molar-refractivity contribution in [1.29, 1.82) is 0 Å². The van der Waals surface area contributed by atoms with Gasteiger partial charge in [-0.15, -0.1) is 0 Å². The molecular weight excluding hydrogens is 306 g/mol. The highest BCUT2D eigenvalue weighted by Crippen LogP contribution is 2.26. The minimum absolute atomic E-state index is 0.105. The number of hydrogen-bond acceptors (Lipinski definition) is 2. The Kier molecular flexibility index (Phi) is 5.04. The lowest BCUT2D eigenvalue weighted by atomic mass is 9.97. The van der Waals surface area contributed by atoms with E-state index in [0.717, 1.165) is 5.56 Å². The zero-order valence-electron chi connectivity index (χ0n) is 12.0. The normalized spacial score (nSPS) is 13.3. The molecule has 0 aliphatic heterocycles. The molecule has 2 rings (SSSR count). The van der Waals surface area contributed by atoms with Gasteiger partial charge in [0.2, 0.25) is 10.0 Å². The van der Waals surface area contributed by atoms with E-state index in [0.29, 0.717) is 0 Å². The molecule has 2 aromatic carbocycles. The summed E-state index contributed by atoms with van der Waals surface area (Å²) in [7, 11) is -3.67. The van der Waals surface area contributed by atoms with Crippen LogP contribution >= 0.6 is 11.6 Å². The van der Waals surface area contributed by atoms with Gasteiger partial charge in [0, 0.05) is 6.04 Å². The highest BCUT2D eigenvalue weighted by atomic mass is 35.5. The molecule has 0 amide bonds. The Morgan fingerprint density at radius 1 is 0.952 bits per heavy atom. The van der Waals surface area contributed by atoms with E-state index in [2.05, 4.69) is 4.72 Å². The smallest absolute Gasteiger partial charge is 0.207 e. The van der Waals surface area contributed by atoms with Gasteiger partial charge in [-0.05, 0) is 23.6 Å². The first-order chi connectivity index (χ1) is 9.92. The van der Waals surface area contributed by atoms with E-state index in [1.54, 1.807) is 18.2 Å². The average molecular weight is 324 g/mol. The van der Waals surface area contributed by atoms with Gasteiger partial charge in [0.1, 0.15) is 4.90 Å². The van der Waals surface area contributed by atoms with Crippen LogP contribution in [0, 0.1) is 5.92 Å². The molecule has 0 fully saturated rings. The van der Waals surface area contributed by atoms with Gasteiger partial charge in [-0.3, -0.25) is 0 Å². The van der Waals surface area contributed by atoms with Gasteiger partial charge in [-0.25, -0.2) is 13.1 Å². The molecule has 0 bridgehead atoms. The summed E-state index contributed by atoms with van der Waals surface area (Å²) in [6.45, 7) is 3.96. The molecule has 0 aromatic heterocycles. The van der Waals surface area contributed by atoms with E-state index in [1.807, 2.05) is 44.2 Å². The first-order valence-corrected chi connectivity index (χ1v) is 8.60. The topological polar surface area (TPSA) is 46.2 Å². The summed E-state index contributed by atoms with van der Waals surface area (Å²) < 4.78 is 27.8. The van der Waals surface area contributed by atoms with E-state index >= 15 is 0 Å². The first-order valence-electron chi connectivity index (χ1n) is 6.73. The molecule has 0 radical (unpaired) electrons. The van der Waals surface area contributed by atoms with Crippen molar-refractivity contribution in [3.05, 3.63) is 65.2 Å². The molecule has 2 aromatic rings. The summed E-state index contributed by atoms with van der Waals surface area (Å²) in [5, 5.41) is 0.223. The highest BCUT2D eigenvalue weighted by molar-refractivity contribution is 7.89. The van der Waals surface area contributed by atoms with Gasteiger partial charge in [0.05, 0.1) is 5.02 Å². The number of halogens is 1. The van der Waals surface area contributed by atoms with Gasteiger partial charge in [0.15, 0.2) is 0 Å². The third kappa shape index (κ3) is 3.84. The number of benzene rings is 2. The van der Waals surface area contributed by atoms with Crippen LogP contribution in [0.3, 0.4) is 0 Å². The molecule has 0 aliphatic carbocycles. The standard InChI is InChI=1S/C16H18ClNO2S/c1-12(2)16(13-8-4-3-5-9-13)18-21(19,20)15-11-7-6-10-14(15)17/h3-12,16,18H,1-2H3. The fourth-order valence-electron chi connectivity index (χ4n) is 2.14. The largest absolute Gasteiger partial charge is 0.242 e. The van der Waals surface area contributed by atoms with Gasteiger partial charge in [0.25, 0.3) is 0 Å². The fraction of sp³-hybridized carbons (Fsp3) is 0.250. The lowest BCUT2D eigenvalue weighted by molar-refractivity contribution is 0.463. The summed E-state index contributed by atoms with van der Waals surface area (Å²) >= 11 is 6.00. The van der Waals surface area contributed by atoms with Crippen LogP contribution in [-0.2, 0) is 10.0 Å². The van der Waals surface area contributed by atoms with Gasteiger partial charge in [-0.1, -0.05) is 67.9 Å².